The number of benzene rings is 2. The van der Waals surface area contributed by atoms with Gasteiger partial charge in [0.2, 0.25) is 5.91 Å². The van der Waals surface area contributed by atoms with Crippen molar-refractivity contribution in [1.29, 1.82) is 0 Å². The molecule has 36 heavy (non-hydrogen) atoms. The normalized spacial score (nSPS) is 18.4. The van der Waals surface area contributed by atoms with Gasteiger partial charge in [0.15, 0.2) is 0 Å². The molecule has 2 aromatic rings. The van der Waals surface area contributed by atoms with E-state index in [4.69, 9.17) is 16.3 Å². The van der Waals surface area contributed by atoms with Crippen LogP contribution >= 0.6 is 11.6 Å². The van der Waals surface area contributed by atoms with Crippen LogP contribution in [-0.2, 0) is 14.3 Å². The maximum Gasteiger partial charge on any atom is 0.262 e. The third-order valence-electron chi connectivity index (χ3n) is 6.54. The fraction of sp³-hybridized carbons (Fsp3) is 0.444. The first-order valence-corrected chi connectivity index (χ1v) is 12.7. The highest BCUT2D eigenvalue weighted by molar-refractivity contribution is 6.34. The molecular weight excluding hydrogens is 483 g/mol. The van der Waals surface area contributed by atoms with Crippen LogP contribution in [0.4, 0.5) is 4.39 Å². The van der Waals surface area contributed by atoms with Gasteiger partial charge < -0.3 is 9.64 Å². The van der Waals surface area contributed by atoms with Crippen molar-refractivity contribution >= 4 is 29.1 Å². The molecule has 0 N–H and O–H groups in total. The Bertz CT molecular complexity index is 1120. The molecule has 2 aromatic carbocycles. The second-order valence-corrected chi connectivity index (χ2v) is 9.78. The summed E-state index contributed by atoms with van der Waals surface area (Å²) in [7, 11) is 0. The van der Waals surface area contributed by atoms with E-state index in [1.54, 1.807) is 29.2 Å². The van der Waals surface area contributed by atoms with E-state index in [2.05, 4.69) is 10.0 Å². The lowest BCUT2D eigenvalue weighted by Gasteiger charge is -2.31. The summed E-state index contributed by atoms with van der Waals surface area (Å²) in [6, 6.07) is 13.0. The summed E-state index contributed by atoms with van der Waals surface area (Å²) >= 11 is 6.41. The van der Waals surface area contributed by atoms with Crippen molar-refractivity contribution in [2.24, 2.45) is 11.0 Å². The van der Waals surface area contributed by atoms with Gasteiger partial charge in [-0.1, -0.05) is 61.8 Å². The molecule has 2 heterocycles. The third-order valence-corrected chi connectivity index (χ3v) is 6.87. The average molecular weight is 515 g/mol. The number of hydrogen-bond acceptors (Lipinski definition) is 5. The Labute approximate surface area is 216 Å². The Balaban J connectivity index is 1.58. The summed E-state index contributed by atoms with van der Waals surface area (Å²) in [4.78, 5) is 30.4. The van der Waals surface area contributed by atoms with Crippen LogP contribution in [0.1, 0.15) is 37.4 Å². The number of morpholine rings is 1. The third kappa shape index (κ3) is 6.11. The number of halogens is 2. The van der Waals surface area contributed by atoms with Crippen molar-refractivity contribution < 1.29 is 18.7 Å². The molecule has 7 nitrogen and oxygen atoms in total. The predicted molar refractivity (Wildman–Crippen MR) is 137 cm³/mol. The van der Waals surface area contributed by atoms with Gasteiger partial charge in [-0.15, -0.1) is 0 Å². The van der Waals surface area contributed by atoms with Crippen molar-refractivity contribution in [2.75, 3.05) is 45.9 Å². The fourth-order valence-corrected chi connectivity index (χ4v) is 4.79. The maximum atomic E-state index is 14.8. The Morgan fingerprint density at radius 2 is 1.83 bits per heavy atom. The van der Waals surface area contributed by atoms with Crippen LogP contribution in [0.25, 0.3) is 0 Å². The zero-order chi connectivity index (χ0) is 25.7. The van der Waals surface area contributed by atoms with Crippen LogP contribution in [0.2, 0.25) is 5.02 Å². The molecule has 2 aliphatic heterocycles. The molecule has 192 valence electrons. The van der Waals surface area contributed by atoms with E-state index in [1.165, 1.54) is 11.1 Å². The summed E-state index contributed by atoms with van der Waals surface area (Å²) in [5.41, 5.74) is 1.70. The van der Waals surface area contributed by atoms with Gasteiger partial charge in [-0.25, -0.2) is 9.40 Å². The summed E-state index contributed by atoms with van der Waals surface area (Å²) in [6.45, 7) is 7.49. The monoisotopic (exact) mass is 514 g/mol. The first-order valence-electron chi connectivity index (χ1n) is 12.3. The van der Waals surface area contributed by atoms with Crippen LogP contribution in [0.15, 0.2) is 53.6 Å². The molecule has 0 aromatic heterocycles. The van der Waals surface area contributed by atoms with Crippen molar-refractivity contribution in [2.45, 2.75) is 26.3 Å². The fourth-order valence-electron chi connectivity index (χ4n) is 4.54. The molecule has 0 aliphatic carbocycles. The van der Waals surface area contributed by atoms with E-state index >= 15 is 0 Å². The van der Waals surface area contributed by atoms with Crippen molar-refractivity contribution in [1.82, 2.24) is 14.8 Å². The SMILES string of the molecule is CC(C)C(=O)N(CCN1CCOCC1)CC(=O)N1N=C(c2ccccc2Cl)CC1c1ccccc1F. The minimum atomic E-state index is -0.625. The molecule has 2 aliphatic rings. The van der Waals surface area contributed by atoms with E-state index in [-0.39, 0.29) is 24.3 Å². The molecule has 4 rings (SSSR count). The van der Waals surface area contributed by atoms with Gasteiger partial charge in [-0.2, -0.15) is 5.10 Å². The second kappa shape index (κ2) is 12.0. The van der Waals surface area contributed by atoms with Crippen molar-refractivity contribution in [3.8, 4) is 0 Å². The molecule has 0 bridgehead atoms. The smallest absolute Gasteiger partial charge is 0.262 e. The number of ether oxygens (including phenoxy) is 1. The molecule has 2 amide bonds. The molecular formula is C27H32ClFN4O3. The van der Waals surface area contributed by atoms with Crippen LogP contribution in [0.3, 0.4) is 0 Å². The molecule has 1 saturated heterocycles. The lowest BCUT2D eigenvalue weighted by atomic mass is 9.98. The Morgan fingerprint density at radius 3 is 2.53 bits per heavy atom. The van der Waals surface area contributed by atoms with E-state index in [0.29, 0.717) is 54.6 Å². The summed E-state index contributed by atoms with van der Waals surface area (Å²) in [5, 5.41) is 6.45. The first-order chi connectivity index (χ1) is 17.3. The minimum absolute atomic E-state index is 0.103. The zero-order valence-corrected chi connectivity index (χ0v) is 21.5. The van der Waals surface area contributed by atoms with Gasteiger partial charge in [0, 0.05) is 54.7 Å². The Morgan fingerprint density at radius 1 is 1.14 bits per heavy atom. The highest BCUT2D eigenvalue weighted by Crippen LogP contribution is 2.35. The largest absolute Gasteiger partial charge is 0.379 e. The number of rotatable bonds is 8. The van der Waals surface area contributed by atoms with Crippen LogP contribution < -0.4 is 0 Å². The summed E-state index contributed by atoms with van der Waals surface area (Å²) in [6.07, 6.45) is 0.322. The predicted octanol–water partition coefficient (Wildman–Crippen LogP) is 3.97. The van der Waals surface area contributed by atoms with E-state index in [1.807, 2.05) is 32.0 Å². The van der Waals surface area contributed by atoms with Gasteiger partial charge >= 0.3 is 0 Å². The topological polar surface area (TPSA) is 65.5 Å². The van der Waals surface area contributed by atoms with Crippen LogP contribution in [0, 0.1) is 11.7 Å². The quantitative estimate of drug-likeness (QED) is 0.534. The van der Waals surface area contributed by atoms with Gasteiger partial charge in [0.25, 0.3) is 5.91 Å². The number of carbonyl (C=O) groups is 2. The van der Waals surface area contributed by atoms with E-state index in [9.17, 15) is 14.0 Å². The minimum Gasteiger partial charge on any atom is -0.379 e. The number of hydrogen-bond donors (Lipinski definition) is 0. The maximum absolute atomic E-state index is 14.8. The highest BCUT2D eigenvalue weighted by atomic mass is 35.5. The van der Waals surface area contributed by atoms with E-state index < -0.39 is 11.9 Å². The first kappa shape index (κ1) is 26.3. The van der Waals surface area contributed by atoms with Crippen LogP contribution in [0.5, 0.6) is 0 Å². The number of amides is 2. The Hall–Kier alpha value is -2.81. The van der Waals surface area contributed by atoms with Crippen molar-refractivity contribution in [3.05, 3.63) is 70.5 Å². The van der Waals surface area contributed by atoms with E-state index in [0.717, 1.165) is 13.1 Å². The number of hydrazone groups is 1. The molecule has 1 unspecified atom stereocenters. The zero-order valence-electron chi connectivity index (χ0n) is 20.7. The molecule has 9 heteroatoms. The van der Waals surface area contributed by atoms with Gasteiger partial charge in [0.1, 0.15) is 12.4 Å². The second-order valence-electron chi connectivity index (χ2n) is 9.37. The standard InChI is InChI=1S/C27H32ClFN4O3/c1-19(2)27(35)32(12-11-31-13-15-36-16-14-31)18-26(34)33-25(21-8-4-6-10-23(21)29)17-24(30-33)20-7-3-5-9-22(20)28/h3-10,19,25H,11-18H2,1-2H3. The van der Waals surface area contributed by atoms with Crippen molar-refractivity contribution in [3.63, 3.8) is 0 Å². The number of carbonyl (C=O) groups excluding carboxylic acids is 2. The highest BCUT2D eigenvalue weighted by Gasteiger charge is 2.36. The lowest BCUT2D eigenvalue weighted by Crippen LogP contribution is -2.47. The Kier molecular flexibility index (Phi) is 8.72. The number of nitrogens with zero attached hydrogens (tertiary/aromatic N) is 4. The molecule has 0 radical (unpaired) electrons. The molecule has 1 fully saturated rings. The average Bonchev–Trinajstić information content (AvgIpc) is 3.32. The lowest BCUT2D eigenvalue weighted by molar-refractivity contribution is -0.143. The summed E-state index contributed by atoms with van der Waals surface area (Å²) in [5.74, 6) is -1.13. The van der Waals surface area contributed by atoms with Gasteiger partial charge in [0.05, 0.1) is 25.0 Å². The molecule has 0 saturated carbocycles. The van der Waals surface area contributed by atoms with Crippen LogP contribution in [-0.4, -0.2) is 78.3 Å². The van der Waals surface area contributed by atoms with Gasteiger partial charge in [-0.3, -0.25) is 14.5 Å². The molecule has 1 atom stereocenters. The molecule has 0 spiro atoms. The summed E-state index contributed by atoms with van der Waals surface area (Å²) < 4.78 is 20.2. The van der Waals surface area contributed by atoms with Gasteiger partial charge in [-0.05, 0) is 12.1 Å².